The van der Waals surface area contributed by atoms with Gasteiger partial charge in [0.15, 0.2) is 11.4 Å². The quantitative estimate of drug-likeness (QED) is 0.769. The van der Waals surface area contributed by atoms with Crippen molar-refractivity contribution in [1.29, 1.82) is 0 Å². The van der Waals surface area contributed by atoms with E-state index in [0.717, 1.165) is 48.5 Å². The molecule has 0 bridgehead atoms. The van der Waals surface area contributed by atoms with E-state index in [1.807, 2.05) is 18.2 Å². The normalized spacial score (nSPS) is 16.6. The van der Waals surface area contributed by atoms with Crippen LogP contribution in [0, 0.1) is 0 Å². The number of nitrogens with zero attached hydrogens (tertiary/aromatic N) is 4. The Bertz CT molecular complexity index is 899. The lowest BCUT2D eigenvalue weighted by Gasteiger charge is -2.37. The van der Waals surface area contributed by atoms with Crippen LogP contribution in [0.5, 0.6) is 0 Å². The number of benzene rings is 1. The molecule has 1 aliphatic rings. The van der Waals surface area contributed by atoms with Gasteiger partial charge in [0.05, 0.1) is 0 Å². The van der Waals surface area contributed by atoms with Crippen molar-refractivity contribution in [2.24, 2.45) is 0 Å². The number of furan rings is 1. The van der Waals surface area contributed by atoms with Crippen molar-refractivity contribution in [1.82, 2.24) is 14.9 Å². The van der Waals surface area contributed by atoms with Gasteiger partial charge in [-0.1, -0.05) is 11.6 Å². The van der Waals surface area contributed by atoms with Gasteiger partial charge in [0.25, 0.3) is 0 Å². The number of nitrogen functional groups attached to an aromatic ring is 1. The highest BCUT2D eigenvalue weighted by Gasteiger charge is 2.24. The highest BCUT2D eigenvalue weighted by molar-refractivity contribution is 6.31. The van der Waals surface area contributed by atoms with E-state index in [1.54, 1.807) is 0 Å². The summed E-state index contributed by atoms with van der Waals surface area (Å²) in [5.41, 5.74) is 8.11. The SMILES string of the molecule is CC(C)N1CCN(c2nc(N)nc3c2oc2ccc(Cl)cc23)CC1. The molecular formula is C17H20ClN5O. The fraction of sp³-hybridized carbons (Fsp3) is 0.412. The number of piperazine rings is 1. The van der Waals surface area contributed by atoms with E-state index in [-0.39, 0.29) is 5.95 Å². The minimum absolute atomic E-state index is 0.256. The molecule has 7 heteroatoms. The predicted octanol–water partition coefficient (Wildman–Crippen LogP) is 3.14. The molecule has 1 aliphatic heterocycles. The van der Waals surface area contributed by atoms with Gasteiger partial charge >= 0.3 is 0 Å². The van der Waals surface area contributed by atoms with E-state index in [9.17, 15) is 0 Å². The number of hydrogen-bond donors (Lipinski definition) is 1. The molecule has 1 aromatic carbocycles. The van der Waals surface area contributed by atoms with Crippen molar-refractivity contribution in [3.8, 4) is 0 Å². The summed E-state index contributed by atoms with van der Waals surface area (Å²) in [7, 11) is 0. The third-order valence-electron chi connectivity index (χ3n) is 4.62. The van der Waals surface area contributed by atoms with Crippen LogP contribution in [0.2, 0.25) is 5.02 Å². The van der Waals surface area contributed by atoms with E-state index in [1.165, 1.54) is 0 Å². The monoisotopic (exact) mass is 345 g/mol. The third kappa shape index (κ3) is 2.56. The zero-order valence-electron chi connectivity index (χ0n) is 13.8. The second-order valence-corrected chi connectivity index (χ2v) is 6.88. The molecule has 6 nitrogen and oxygen atoms in total. The number of aromatic nitrogens is 2. The van der Waals surface area contributed by atoms with Crippen molar-refractivity contribution in [2.75, 3.05) is 36.8 Å². The van der Waals surface area contributed by atoms with E-state index in [2.05, 4.69) is 33.6 Å². The lowest BCUT2D eigenvalue weighted by molar-refractivity contribution is 0.209. The van der Waals surface area contributed by atoms with Crippen LogP contribution < -0.4 is 10.6 Å². The molecule has 4 rings (SSSR count). The van der Waals surface area contributed by atoms with Crippen LogP contribution in [0.25, 0.3) is 22.1 Å². The van der Waals surface area contributed by atoms with E-state index < -0.39 is 0 Å². The molecule has 24 heavy (non-hydrogen) atoms. The highest BCUT2D eigenvalue weighted by atomic mass is 35.5. The Morgan fingerprint density at radius 2 is 1.92 bits per heavy atom. The summed E-state index contributed by atoms with van der Waals surface area (Å²) in [5, 5.41) is 1.52. The Balaban J connectivity index is 1.80. The summed E-state index contributed by atoms with van der Waals surface area (Å²) in [6, 6.07) is 6.08. The van der Waals surface area contributed by atoms with Crippen LogP contribution in [0.1, 0.15) is 13.8 Å². The Kier molecular flexibility index (Phi) is 3.73. The summed E-state index contributed by atoms with van der Waals surface area (Å²) in [4.78, 5) is 13.5. The van der Waals surface area contributed by atoms with E-state index in [4.69, 9.17) is 21.8 Å². The second-order valence-electron chi connectivity index (χ2n) is 6.44. The molecule has 0 saturated carbocycles. The van der Waals surface area contributed by atoms with Crippen molar-refractivity contribution in [3.05, 3.63) is 23.2 Å². The van der Waals surface area contributed by atoms with Gasteiger partial charge < -0.3 is 15.1 Å². The van der Waals surface area contributed by atoms with Crippen LogP contribution in [-0.2, 0) is 0 Å². The Morgan fingerprint density at radius 1 is 1.17 bits per heavy atom. The van der Waals surface area contributed by atoms with Gasteiger partial charge in [-0.2, -0.15) is 4.98 Å². The average molecular weight is 346 g/mol. The fourth-order valence-corrected chi connectivity index (χ4v) is 3.45. The lowest BCUT2D eigenvalue weighted by atomic mass is 10.2. The molecule has 1 fully saturated rings. The van der Waals surface area contributed by atoms with Crippen LogP contribution in [0.4, 0.5) is 11.8 Å². The largest absolute Gasteiger partial charge is 0.450 e. The molecule has 0 atom stereocenters. The minimum Gasteiger partial charge on any atom is -0.450 e. The minimum atomic E-state index is 0.256. The molecule has 0 radical (unpaired) electrons. The highest BCUT2D eigenvalue weighted by Crippen LogP contribution is 2.35. The number of nitrogens with two attached hydrogens (primary N) is 1. The zero-order valence-corrected chi connectivity index (χ0v) is 14.5. The molecule has 3 aromatic rings. The molecule has 3 heterocycles. The smallest absolute Gasteiger partial charge is 0.222 e. The number of anilines is 2. The van der Waals surface area contributed by atoms with Crippen molar-refractivity contribution >= 4 is 45.4 Å². The van der Waals surface area contributed by atoms with Crippen molar-refractivity contribution in [3.63, 3.8) is 0 Å². The molecule has 0 spiro atoms. The topological polar surface area (TPSA) is 71.4 Å². The Labute approximate surface area is 145 Å². The molecular weight excluding hydrogens is 326 g/mol. The van der Waals surface area contributed by atoms with Gasteiger partial charge in [0.2, 0.25) is 5.95 Å². The maximum absolute atomic E-state index is 6.12. The number of fused-ring (bicyclic) bond motifs is 3. The summed E-state index contributed by atoms with van der Waals surface area (Å²) >= 11 is 6.12. The molecule has 0 aliphatic carbocycles. The van der Waals surface area contributed by atoms with Gasteiger partial charge in [0, 0.05) is 42.6 Å². The molecule has 2 aromatic heterocycles. The van der Waals surface area contributed by atoms with Gasteiger partial charge in [-0.15, -0.1) is 0 Å². The molecule has 0 amide bonds. The fourth-order valence-electron chi connectivity index (χ4n) is 3.28. The van der Waals surface area contributed by atoms with Crippen LogP contribution in [-0.4, -0.2) is 47.1 Å². The second kappa shape index (κ2) is 5.79. The Morgan fingerprint density at radius 3 is 2.62 bits per heavy atom. The molecule has 0 unspecified atom stereocenters. The first-order chi connectivity index (χ1) is 11.5. The number of halogens is 1. The molecule has 2 N–H and O–H groups in total. The summed E-state index contributed by atoms with van der Waals surface area (Å²) < 4.78 is 6.03. The van der Waals surface area contributed by atoms with Crippen LogP contribution in [0.15, 0.2) is 22.6 Å². The first-order valence-corrected chi connectivity index (χ1v) is 8.55. The number of hydrogen-bond acceptors (Lipinski definition) is 6. The third-order valence-corrected chi connectivity index (χ3v) is 4.85. The predicted molar refractivity (Wildman–Crippen MR) is 97.7 cm³/mol. The Hall–Kier alpha value is -2.05. The first-order valence-electron chi connectivity index (χ1n) is 8.17. The summed E-state index contributed by atoms with van der Waals surface area (Å²) in [6.45, 7) is 8.21. The van der Waals surface area contributed by atoms with Gasteiger partial charge in [0.1, 0.15) is 11.1 Å². The summed E-state index contributed by atoms with van der Waals surface area (Å²) in [5.74, 6) is 1.03. The number of rotatable bonds is 2. The van der Waals surface area contributed by atoms with Gasteiger partial charge in [-0.05, 0) is 32.0 Å². The van der Waals surface area contributed by atoms with Crippen molar-refractivity contribution < 1.29 is 4.42 Å². The van der Waals surface area contributed by atoms with Gasteiger partial charge in [-0.25, -0.2) is 4.98 Å². The molecule has 126 valence electrons. The lowest BCUT2D eigenvalue weighted by Crippen LogP contribution is -2.49. The van der Waals surface area contributed by atoms with Crippen LogP contribution >= 0.6 is 11.6 Å². The molecule has 1 saturated heterocycles. The maximum Gasteiger partial charge on any atom is 0.222 e. The first kappa shape index (κ1) is 15.5. The van der Waals surface area contributed by atoms with Gasteiger partial charge in [-0.3, -0.25) is 4.90 Å². The van der Waals surface area contributed by atoms with E-state index in [0.29, 0.717) is 16.6 Å². The van der Waals surface area contributed by atoms with Crippen molar-refractivity contribution in [2.45, 2.75) is 19.9 Å². The van der Waals surface area contributed by atoms with E-state index >= 15 is 0 Å². The zero-order chi connectivity index (χ0) is 16.8. The standard InChI is InChI=1S/C17H20ClN5O/c1-10(2)22-5-7-23(8-6-22)16-15-14(20-17(19)21-16)12-9-11(18)3-4-13(12)24-15/h3-4,9-10H,5-8H2,1-2H3,(H2,19,20,21). The van der Waals surface area contributed by atoms with Crippen LogP contribution in [0.3, 0.4) is 0 Å². The average Bonchev–Trinajstić information content (AvgIpc) is 2.92. The maximum atomic E-state index is 6.12. The summed E-state index contributed by atoms with van der Waals surface area (Å²) in [6.07, 6.45) is 0.